The van der Waals surface area contributed by atoms with Crippen molar-refractivity contribution in [3.8, 4) is 0 Å². The average Bonchev–Trinajstić information content (AvgIpc) is 2.67. The standard InChI is InChI=1S/C20H17F4N3O3S/c1-27(10-17(28)25-13-4-2-3-12(21)8-13)18(29)9-16-19(30)26-14-7-11(20(22,23)24)5-6-15(14)31-16/h2-8,16H,9-10H2,1H3,(H,25,28)(H,26,30)/t16-/m0/s1. The maximum Gasteiger partial charge on any atom is 0.416 e. The van der Waals surface area contributed by atoms with Crippen LogP contribution in [0.1, 0.15) is 12.0 Å². The molecule has 0 aliphatic carbocycles. The van der Waals surface area contributed by atoms with Crippen LogP contribution in [-0.2, 0) is 20.6 Å². The summed E-state index contributed by atoms with van der Waals surface area (Å²) in [6.07, 6.45) is -4.78. The molecule has 0 bridgehead atoms. The quantitative estimate of drug-likeness (QED) is 0.674. The first-order valence-corrected chi connectivity index (χ1v) is 9.89. The second-order valence-electron chi connectivity index (χ2n) is 6.82. The van der Waals surface area contributed by atoms with Crippen molar-refractivity contribution in [1.82, 2.24) is 4.90 Å². The van der Waals surface area contributed by atoms with Crippen molar-refractivity contribution in [2.24, 2.45) is 0 Å². The van der Waals surface area contributed by atoms with Crippen LogP contribution in [-0.4, -0.2) is 41.5 Å². The molecule has 0 radical (unpaired) electrons. The van der Waals surface area contributed by atoms with E-state index in [2.05, 4.69) is 10.6 Å². The van der Waals surface area contributed by atoms with Gasteiger partial charge in [-0.15, -0.1) is 11.8 Å². The monoisotopic (exact) mass is 455 g/mol. The number of nitrogens with one attached hydrogen (secondary N) is 2. The Morgan fingerprint density at radius 1 is 1.19 bits per heavy atom. The topological polar surface area (TPSA) is 78.5 Å². The van der Waals surface area contributed by atoms with Crippen molar-refractivity contribution in [1.29, 1.82) is 0 Å². The summed E-state index contributed by atoms with van der Waals surface area (Å²) >= 11 is 0.984. The lowest BCUT2D eigenvalue weighted by Crippen LogP contribution is -2.39. The molecule has 2 aromatic rings. The van der Waals surface area contributed by atoms with E-state index in [0.29, 0.717) is 4.90 Å². The van der Waals surface area contributed by atoms with Gasteiger partial charge in [0, 0.05) is 24.1 Å². The Hall–Kier alpha value is -3.08. The summed E-state index contributed by atoms with van der Waals surface area (Å²) in [7, 11) is 1.38. The molecule has 31 heavy (non-hydrogen) atoms. The van der Waals surface area contributed by atoms with Gasteiger partial charge in [-0.3, -0.25) is 14.4 Å². The molecule has 2 N–H and O–H groups in total. The van der Waals surface area contributed by atoms with Crippen molar-refractivity contribution >= 4 is 40.9 Å². The van der Waals surface area contributed by atoms with Gasteiger partial charge < -0.3 is 15.5 Å². The van der Waals surface area contributed by atoms with Crippen LogP contribution >= 0.6 is 11.8 Å². The Kier molecular flexibility index (Phi) is 6.54. The summed E-state index contributed by atoms with van der Waals surface area (Å²) < 4.78 is 51.7. The molecular formula is C20H17F4N3O3S. The molecule has 0 fully saturated rings. The van der Waals surface area contributed by atoms with E-state index < -0.39 is 40.5 Å². The van der Waals surface area contributed by atoms with Gasteiger partial charge in [-0.25, -0.2) is 4.39 Å². The molecule has 2 aromatic carbocycles. The van der Waals surface area contributed by atoms with Gasteiger partial charge in [0.1, 0.15) is 5.82 Å². The molecule has 1 aliphatic heterocycles. The molecule has 0 aromatic heterocycles. The van der Waals surface area contributed by atoms with Crippen LogP contribution in [0.25, 0.3) is 0 Å². The van der Waals surface area contributed by atoms with Gasteiger partial charge in [0.25, 0.3) is 0 Å². The fourth-order valence-electron chi connectivity index (χ4n) is 2.85. The lowest BCUT2D eigenvalue weighted by atomic mass is 10.1. The predicted octanol–water partition coefficient (Wildman–Crippen LogP) is 3.74. The number of likely N-dealkylation sites (N-methyl/N-ethyl adjacent to an activating group) is 1. The predicted molar refractivity (Wildman–Crippen MR) is 107 cm³/mol. The Morgan fingerprint density at radius 2 is 1.94 bits per heavy atom. The van der Waals surface area contributed by atoms with E-state index in [0.717, 1.165) is 34.9 Å². The van der Waals surface area contributed by atoms with Crippen LogP contribution in [0.4, 0.5) is 28.9 Å². The number of carbonyl (C=O) groups is 3. The van der Waals surface area contributed by atoms with E-state index in [1.807, 2.05) is 0 Å². The number of hydrogen-bond donors (Lipinski definition) is 2. The molecule has 0 spiro atoms. The van der Waals surface area contributed by atoms with Crippen LogP contribution < -0.4 is 10.6 Å². The van der Waals surface area contributed by atoms with Gasteiger partial charge in [0.15, 0.2) is 0 Å². The molecule has 1 aliphatic rings. The summed E-state index contributed by atoms with van der Waals surface area (Å²) in [5.74, 6) is -2.17. The van der Waals surface area contributed by atoms with E-state index >= 15 is 0 Å². The second-order valence-corrected chi connectivity index (χ2v) is 8.06. The van der Waals surface area contributed by atoms with Crippen LogP contribution in [0.2, 0.25) is 0 Å². The fourth-order valence-corrected chi connectivity index (χ4v) is 3.93. The third-order valence-corrected chi connectivity index (χ3v) is 5.68. The maximum atomic E-state index is 13.2. The van der Waals surface area contributed by atoms with Gasteiger partial charge in [0.05, 0.1) is 23.0 Å². The number of carbonyl (C=O) groups excluding carboxylic acids is 3. The van der Waals surface area contributed by atoms with Gasteiger partial charge in [-0.2, -0.15) is 13.2 Å². The van der Waals surface area contributed by atoms with Crippen molar-refractivity contribution in [3.05, 3.63) is 53.8 Å². The summed E-state index contributed by atoms with van der Waals surface area (Å²) in [5.41, 5.74) is -0.607. The number of halogens is 4. The maximum absolute atomic E-state index is 13.2. The van der Waals surface area contributed by atoms with Crippen LogP contribution in [0, 0.1) is 5.82 Å². The molecule has 1 atom stereocenters. The number of thioether (sulfide) groups is 1. The minimum absolute atomic E-state index is 0.0383. The number of rotatable bonds is 5. The number of nitrogens with zero attached hydrogens (tertiary/aromatic N) is 1. The normalized spacial score (nSPS) is 15.6. The SMILES string of the molecule is CN(CC(=O)Nc1cccc(F)c1)C(=O)C[C@@H]1Sc2ccc(C(F)(F)F)cc2NC1=O. The Labute approximate surface area is 179 Å². The smallest absolute Gasteiger partial charge is 0.336 e. The van der Waals surface area contributed by atoms with Crippen molar-refractivity contribution in [2.45, 2.75) is 22.7 Å². The zero-order chi connectivity index (χ0) is 22.8. The number of fused-ring (bicyclic) bond motifs is 1. The summed E-state index contributed by atoms with van der Waals surface area (Å²) in [5, 5.41) is 4.01. The highest BCUT2D eigenvalue weighted by molar-refractivity contribution is 8.01. The van der Waals surface area contributed by atoms with Gasteiger partial charge in [0.2, 0.25) is 17.7 Å². The molecule has 11 heteroatoms. The molecule has 1 heterocycles. The molecule has 3 rings (SSSR count). The van der Waals surface area contributed by atoms with Crippen molar-refractivity contribution < 1.29 is 31.9 Å². The van der Waals surface area contributed by atoms with Crippen LogP contribution in [0.3, 0.4) is 0 Å². The number of hydrogen-bond acceptors (Lipinski definition) is 4. The van der Waals surface area contributed by atoms with E-state index in [4.69, 9.17) is 0 Å². The third kappa shape index (κ3) is 5.75. The number of amides is 3. The third-order valence-electron chi connectivity index (χ3n) is 4.40. The number of anilines is 2. The van der Waals surface area contributed by atoms with Crippen molar-refractivity contribution in [3.63, 3.8) is 0 Å². The number of alkyl halides is 3. The first kappa shape index (κ1) is 22.6. The lowest BCUT2D eigenvalue weighted by Gasteiger charge is -2.26. The minimum atomic E-state index is -4.54. The Morgan fingerprint density at radius 3 is 2.61 bits per heavy atom. The van der Waals surface area contributed by atoms with Crippen LogP contribution in [0.15, 0.2) is 47.4 Å². The molecule has 0 unspecified atom stereocenters. The van der Waals surface area contributed by atoms with Crippen LogP contribution in [0.5, 0.6) is 0 Å². The van der Waals surface area contributed by atoms with Crippen molar-refractivity contribution in [2.75, 3.05) is 24.2 Å². The minimum Gasteiger partial charge on any atom is -0.336 e. The molecule has 0 saturated heterocycles. The molecule has 3 amide bonds. The highest BCUT2D eigenvalue weighted by atomic mass is 32.2. The molecular weight excluding hydrogens is 438 g/mol. The number of benzene rings is 2. The lowest BCUT2D eigenvalue weighted by molar-refractivity contribution is -0.137. The Bertz CT molecular complexity index is 1030. The second kappa shape index (κ2) is 8.96. The Balaban J connectivity index is 1.58. The fraction of sp³-hybridized carbons (Fsp3) is 0.250. The largest absolute Gasteiger partial charge is 0.416 e. The average molecular weight is 455 g/mol. The summed E-state index contributed by atoms with van der Waals surface area (Å²) in [6, 6.07) is 8.27. The van der Waals surface area contributed by atoms with Gasteiger partial charge >= 0.3 is 6.18 Å². The molecule has 6 nitrogen and oxygen atoms in total. The highest BCUT2D eigenvalue weighted by Gasteiger charge is 2.34. The highest BCUT2D eigenvalue weighted by Crippen LogP contribution is 2.40. The van der Waals surface area contributed by atoms with E-state index in [9.17, 15) is 31.9 Å². The molecule has 0 saturated carbocycles. The van der Waals surface area contributed by atoms with Gasteiger partial charge in [-0.1, -0.05) is 6.07 Å². The van der Waals surface area contributed by atoms with E-state index in [1.165, 1.54) is 31.3 Å². The first-order valence-electron chi connectivity index (χ1n) is 9.01. The first-order chi connectivity index (χ1) is 14.5. The molecule has 164 valence electrons. The summed E-state index contributed by atoms with van der Waals surface area (Å²) in [4.78, 5) is 38.3. The zero-order valence-corrected chi connectivity index (χ0v) is 16.9. The van der Waals surface area contributed by atoms with E-state index in [1.54, 1.807) is 0 Å². The van der Waals surface area contributed by atoms with E-state index in [-0.39, 0.29) is 24.3 Å². The van der Waals surface area contributed by atoms with Gasteiger partial charge in [-0.05, 0) is 36.4 Å². The summed E-state index contributed by atoms with van der Waals surface area (Å²) in [6.45, 7) is -0.320. The zero-order valence-electron chi connectivity index (χ0n) is 16.1.